The van der Waals surface area contributed by atoms with E-state index in [4.69, 9.17) is 9.47 Å². The number of rotatable bonds is 7. The lowest BCUT2D eigenvalue weighted by Gasteiger charge is -2.14. The minimum atomic E-state index is -0.807. The summed E-state index contributed by atoms with van der Waals surface area (Å²) in [5.41, 5.74) is 0.558. The number of amides is 2. The van der Waals surface area contributed by atoms with Gasteiger partial charge in [-0.25, -0.2) is 4.79 Å². The van der Waals surface area contributed by atoms with Gasteiger partial charge in [0, 0.05) is 6.54 Å². The van der Waals surface area contributed by atoms with Crippen LogP contribution in [0.25, 0.3) is 0 Å². The molecule has 6 nitrogen and oxygen atoms in total. The van der Waals surface area contributed by atoms with E-state index in [2.05, 4.69) is 10.6 Å². The third-order valence-corrected chi connectivity index (χ3v) is 3.04. The van der Waals surface area contributed by atoms with E-state index in [-0.39, 0.29) is 13.2 Å². The zero-order chi connectivity index (χ0) is 16.5. The number of carbonyl (C=O) groups is 1. The number of benzene rings is 2. The van der Waals surface area contributed by atoms with Crippen molar-refractivity contribution in [1.29, 1.82) is 0 Å². The van der Waals surface area contributed by atoms with Gasteiger partial charge in [0.15, 0.2) is 0 Å². The molecule has 2 rings (SSSR count). The van der Waals surface area contributed by atoms with E-state index in [1.165, 1.54) is 7.11 Å². The van der Waals surface area contributed by atoms with Gasteiger partial charge in [0.25, 0.3) is 0 Å². The smallest absolute Gasteiger partial charge is 0.319 e. The van der Waals surface area contributed by atoms with E-state index in [0.29, 0.717) is 17.2 Å². The molecule has 6 heteroatoms. The molecule has 0 aromatic heterocycles. The van der Waals surface area contributed by atoms with Gasteiger partial charge in [-0.1, -0.05) is 30.3 Å². The molecule has 0 fully saturated rings. The van der Waals surface area contributed by atoms with E-state index < -0.39 is 12.1 Å². The molecular weight excluding hydrogens is 296 g/mol. The van der Waals surface area contributed by atoms with Gasteiger partial charge in [-0.05, 0) is 24.3 Å². The monoisotopic (exact) mass is 316 g/mol. The molecule has 0 aliphatic heterocycles. The number of para-hydroxylation sites is 3. The van der Waals surface area contributed by atoms with Crippen molar-refractivity contribution in [2.24, 2.45) is 0 Å². The predicted octanol–water partition coefficient (Wildman–Crippen LogP) is 2.26. The van der Waals surface area contributed by atoms with Crippen LogP contribution in [0.15, 0.2) is 54.6 Å². The normalized spacial score (nSPS) is 11.4. The maximum atomic E-state index is 11.8. The Hall–Kier alpha value is -2.73. The molecule has 3 N–H and O–H groups in total. The topological polar surface area (TPSA) is 79.8 Å². The number of ether oxygens (including phenoxy) is 2. The zero-order valence-corrected chi connectivity index (χ0v) is 12.9. The molecule has 2 aromatic carbocycles. The fraction of sp³-hybridized carbons (Fsp3) is 0.235. The van der Waals surface area contributed by atoms with Gasteiger partial charge in [0.2, 0.25) is 0 Å². The summed E-state index contributed by atoms with van der Waals surface area (Å²) in [4.78, 5) is 11.8. The molecule has 0 saturated heterocycles. The van der Waals surface area contributed by atoms with E-state index in [1.54, 1.807) is 30.3 Å². The van der Waals surface area contributed by atoms with Crippen LogP contribution < -0.4 is 20.1 Å². The minimum Gasteiger partial charge on any atom is -0.495 e. The van der Waals surface area contributed by atoms with Crippen LogP contribution in [-0.2, 0) is 0 Å². The highest BCUT2D eigenvalue weighted by molar-refractivity contribution is 5.90. The van der Waals surface area contributed by atoms with Crippen molar-refractivity contribution < 1.29 is 19.4 Å². The number of aliphatic hydroxyl groups excluding tert-OH is 1. The Morgan fingerprint density at radius 1 is 1.13 bits per heavy atom. The number of methoxy groups -OCH3 is 1. The highest BCUT2D eigenvalue weighted by atomic mass is 16.5. The van der Waals surface area contributed by atoms with Crippen LogP contribution in [0, 0.1) is 0 Å². The third kappa shape index (κ3) is 5.52. The molecule has 2 aromatic rings. The van der Waals surface area contributed by atoms with Crippen LogP contribution in [0.1, 0.15) is 0 Å². The number of anilines is 1. The second-order valence-electron chi connectivity index (χ2n) is 4.81. The second-order valence-corrected chi connectivity index (χ2v) is 4.81. The summed E-state index contributed by atoms with van der Waals surface area (Å²) < 4.78 is 10.6. The van der Waals surface area contributed by atoms with Crippen molar-refractivity contribution in [3.63, 3.8) is 0 Å². The van der Waals surface area contributed by atoms with Gasteiger partial charge in [-0.3, -0.25) is 0 Å². The van der Waals surface area contributed by atoms with Crippen molar-refractivity contribution in [3.8, 4) is 11.5 Å². The molecule has 1 atom stereocenters. The number of hydrogen-bond acceptors (Lipinski definition) is 4. The van der Waals surface area contributed by atoms with E-state index in [9.17, 15) is 9.90 Å². The first-order valence-corrected chi connectivity index (χ1v) is 7.23. The molecule has 0 aliphatic rings. The zero-order valence-electron chi connectivity index (χ0n) is 12.9. The van der Waals surface area contributed by atoms with E-state index >= 15 is 0 Å². The lowest BCUT2D eigenvalue weighted by Crippen LogP contribution is -2.37. The lowest BCUT2D eigenvalue weighted by atomic mass is 10.3. The largest absolute Gasteiger partial charge is 0.495 e. The van der Waals surface area contributed by atoms with Crippen LogP contribution in [-0.4, -0.2) is 37.5 Å². The molecule has 23 heavy (non-hydrogen) atoms. The lowest BCUT2D eigenvalue weighted by molar-refractivity contribution is 0.108. The molecule has 2 amide bonds. The summed E-state index contributed by atoms with van der Waals surface area (Å²) in [5, 5.41) is 15.1. The van der Waals surface area contributed by atoms with Crippen LogP contribution in [0.5, 0.6) is 11.5 Å². The van der Waals surface area contributed by atoms with Gasteiger partial charge in [0.1, 0.15) is 24.2 Å². The summed E-state index contributed by atoms with van der Waals surface area (Å²) >= 11 is 0. The average Bonchev–Trinajstić information content (AvgIpc) is 2.59. The first-order valence-electron chi connectivity index (χ1n) is 7.23. The van der Waals surface area contributed by atoms with Crippen molar-refractivity contribution >= 4 is 11.7 Å². The Kier molecular flexibility index (Phi) is 6.26. The minimum absolute atomic E-state index is 0.0772. The van der Waals surface area contributed by atoms with Crippen molar-refractivity contribution in [2.75, 3.05) is 25.6 Å². The molecule has 0 bridgehead atoms. The van der Waals surface area contributed by atoms with Crippen LogP contribution in [0.3, 0.4) is 0 Å². The molecule has 0 unspecified atom stereocenters. The number of aliphatic hydroxyl groups is 1. The Bertz CT molecular complexity index is 619. The highest BCUT2D eigenvalue weighted by Gasteiger charge is 2.10. The predicted molar refractivity (Wildman–Crippen MR) is 88.0 cm³/mol. The first kappa shape index (κ1) is 16.6. The van der Waals surface area contributed by atoms with Crippen molar-refractivity contribution in [3.05, 3.63) is 54.6 Å². The number of urea groups is 1. The van der Waals surface area contributed by atoms with Crippen LogP contribution in [0.4, 0.5) is 10.5 Å². The quantitative estimate of drug-likeness (QED) is 0.732. The number of carbonyl (C=O) groups excluding carboxylic acids is 1. The maximum absolute atomic E-state index is 11.8. The van der Waals surface area contributed by atoms with Crippen LogP contribution >= 0.6 is 0 Å². The summed E-state index contributed by atoms with van der Waals surface area (Å²) in [6.45, 7) is 0.173. The molecule has 122 valence electrons. The molecule has 0 saturated carbocycles. The summed E-state index contributed by atoms with van der Waals surface area (Å²) in [7, 11) is 1.53. The summed E-state index contributed by atoms with van der Waals surface area (Å²) in [5.74, 6) is 1.24. The molecule has 0 radical (unpaired) electrons. The van der Waals surface area contributed by atoms with Crippen molar-refractivity contribution in [2.45, 2.75) is 6.10 Å². The van der Waals surface area contributed by atoms with E-state index in [1.807, 2.05) is 24.3 Å². The van der Waals surface area contributed by atoms with Crippen LogP contribution in [0.2, 0.25) is 0 Å². The van der Waals surface area contributed by atoms with Gasteiger partial charge in [-0.2, -0.15) is 0 Å². The van der Waals surface area contributed by atoms with Crippen molar-refractivity contribution in [1.82, 2.24) is 5.32 Å². The molecule has 0 heterocycles. The standard InChI is InChI=1S/C17H20N2O4/c1-22-16-10-6-5-9-15(16)19-17(21)18-11-13(20)12-23-14-7-3-2-4-8-14/h2-10,13,20H,11-12H2,1H3,(H2,18,19,21)/t13-/m1/s1. The fourth-order valence-electron chi connectivity index (χ4n) is 1.89. The third-order valence-electron chi connectivity index (χ3n) is 3.04. The fourth-order valence-corrected chi connectivity index (χ4v) is 1.89. The average molecular weight is 316 g/mol. The van der Waals surface area contributed by atoms with Gasteiger partial charge < -0.3 is 25.2 Å². The SMILES string of the molecule is COc1ccccc1NC(=O)NC[C@@H](O)COc1ccccc1. The van der Waals surface area contributed by atoms with Gasteiger partial charge in [-0.15, -0.1) is 0 Å². The van der Waals surface area contributed by atoms with Gasteiger partial charge in [0.05, 0.1) is 12.8 Å². The highest BCUT2D eigenvalue weighted by Crippen LogP contribution is 2.22. The maximum Gasteiger partial charge on any atom is 0.319 e. The number of hydrogen-bond donors (Lipinski definition) is 3. The Labute approximate surface area is 135 Å². The van der Waals surface area contributed by atoms with E-state index in [0.717, 1.165) is 0 Å². The Balaban J connectivity index is 1.73. The molecular formula is C17H20N2O4. The second kappa shape index (κ2) is 8.65. The summed E-state index contributed by atoms with van der Waals surface area (Å²) in [6.07, 6.45) is -0.807. The molecule has 0 spiro atoms. The first-order chi connectivity index (χ1) is 11.2. The Morgan fingerprint density at radius 2 is 1.83 bits per heavy atom. The number of nitrogens with one attached hydrogen (secondary N) is 2. The summed E-state index contributed by atoms with van der Waals surface area (Å²) in [6, 6.07) is 15.8. The Morgan fingerprint density at radius 3 is 2.57 bits per heavy atom. The molecule has 0 aliphatic carbocycles. The van der Waals surface area contributed by atoms with Gasteiger partial charge >= 0.3 is 6.03 Å².